The normalized spacial score (nSPS) is 20.4. The summed E-state index contributed by atoms with van der Waals surface area (Å²) in [6, 6.07) is 0. The van der Waals surface area contributed by atoms with Crippen molar-refractivity contribution >= 4 is 21.4 Å². The fraction of sp³-hybridized carbons (Fsp3) is 1.00. The van der Waals surface area contributed by atoms with Crippen LogP contribution in [0.15, 0.2) is 0 Å². The van der Waals surface area contributed by atoms with E-state index in [-0.39, 0.29) is 13.2 Å². The molecule has 1 N–H and O–H groups in total. The van der Waals surface area contributed by atoms with Crippen LogP contribution in [0.25, 0.3) is 0 Å². The van der Waals surface area contributed by atoms with Crippen molar-refractivity contribution in [3.8, 4) is 0 Å². The number of ether oxygens (including phenoxy) is 2. The summed E-state index contributed by atoms with van der Waals surface area (Å²) < 4.78 is 34.5. The van der Waals surface area contributed by atoms with E-state index in [2.05, 4.69) is 24.1 Å². The van der Waals surface area contributed by atoms with Crippen molar-refractivity contribution in [1.82, 2.24) is 0 Å². The second-order valence-electron chi connectivity index (χ2n) is 11.4. The van der Waals surface area contributed by atoms with Gasteiger partial charge >= 0.3 is 136 Å². The van der Waals surface area contributed by atoms with Crippen LogP contribution in [0, 0.1) is 0 Å². The van der Waals surface area contributed by atoms with Gasteiger partial charge in [-0.1, -0.05) is 84.0 Å². The first-order valence-corrected chi connectivity index (χ1v) is 22.8. The van der Waals surface area contributed by atoms with E-state index in [9.17, 15) is 9.46 Å². The summed E-state index contributed by atoms with van der Waals surface area (Å²) in [5, 5.41) is 0.857. The van der Waals surface area contributed by atoms with E-state index in [1.165, 1.54) is 83.5 Å². The van der Waals surface area contributed by atoms with Crippen LogP contribution in [0.4, 0.5) is 0 Å². The molecule has 1 aliphatic rings. The Morgan fingerprint density at radius 2 is 1.34 bits per heavy atom. The first kappa shape index (κ1) is 33.6. The predicted octanol–water partition coefficient (Wildman–Crippen LogP) is 8.51. The van der Waals surface area contributed by atoms with Crippen LogP contribution in [0.5, 0.6) is 0 Å². The van der Waals surface area contributed by atoms with Crippen molar-refractivity contribution in [2.45, 2.75) is 138 Å². The summed E-state index contributed by atoms with van der Waals surface area (Å²) >= 11 is -1.65. The Balaban J connectivity index is 2.03. The average Bonchev–Trinajstić information content (AvgIpc) is 3.26. The van der Waals surface area contributed by atoms with Crippen LogP contribution in [-0.2, 0) is 23.1 Å². The molecule has 210 valence electrons. The molecule has 0 spiro atoms. The summed E-state index contributed by atoms with van der Waals surface area (Å²) in [7, 11) is -4.06. The summed E-state index contributed by atoms with van der Waals surface area (Å²) in [6.45, 7) is 4.33. The Morgan fingerprint density at radius 1 is 0.800 bits per heavy atom. The zero-order valence-electron chi connectivity index (χ0n) is 23.4. The van der Waals surface area contributed by atoms with Gasteiger partial charge in [-0.2, -0.15) is 0 Å². The summed E-state index contributed by atoms with van der Waals surface area (Å²) in [5.41, 5.74) is 6.09. The van der Waals surface area contributed by atoms with Gasteiger partial charge in [0.25, 0.3) is 0 Å². The van der Waals surface area contributed by atoms with Gasteiger partial charge in [0.1, 0.15) is 0 Å². The van der Waals surface area contributed by atoms with E-state index in [0.717, 1.165) is 24.5 Å². The molecule has 0 bridgehead atoms. The van der Waals surface area contributed by atoms with Crippen LogP contribution >= 0.6 is 7.82 Å². The van der Waals surface area contributed by atoms with Crippen LogP contribution in [-0.4, -0.2) is 57.1 Å². The van der Waals surface area contributed by atoms with Crippen LogP contribution in [0.2, 0.25) is 22.3 Å². The monoisotopic (exact) mass is 583 g/mol. The molecule has 1 heterocycles. The third-order valence-electron chi connectivity index (χ3n) is 6.70. The molecule has 2 unspecified atom stereocenters. The summed E-state index contributed by atoms with van der Waals surface area (Å²) in [4.78, 5) is 10.0. The van der Waals surface area contributed by atoms with E-state index >= 15 is 0 Å². The van der Waals surface area contributed by atoms with Crippen molar-refractivity contribution < 1.29 is 28.0 Å². The minimum atomic E-state index is -4.06. The maximum atomic E-state index is 12.3. The second-order valence-corrected chi connectivity index (χ2v) is 23.4. The quantitative estimate of drug-likeness (QED) is 0.0698. The standard InChI is InChI=1S/C27H56AsO6P/c1-5-6-7-8-9-10-11-12-13-14-15-16-17-18-22-31-25-27(20-19-23-32-27)26-34-35(29,30)33-24-21-28(2,3)4/h5-26H2,1-4H3/p+1. The molecule has 0 aliphatic carbocycles. The molecular formula is C27H57AsO6P+. The molecule has 0 amide bonds. The van der Waals surface area contributed by atoms with E-state index in [0.29, 0.717) is 19.8 Å². The van der Waals surface area contributed by atoms with E-state index in [1.54, 1.807) is 0 Å². The Morgan fingerprint density at radius 3 is 1.83 bits per heavy atom. The molecule has 6 nitrogen and oxygen atoms in total. The average molecular weight is 584 g/mol. The van der Waals surface area contributed by atoms with Gasteiger partial charge in [-0.3, -0.25) is 0 Å². The molecule has 0 radical (unpaired) electrons. The second kappa shape index (κ2) is 19.6. The minimum absolute atomic E-state index is 0.0369. The topological polar surface area (TPSA) is 74.2 Å². The van der Waals surface area contributed by atoms with Gasteiger partial charge < -0.3 is 0 Å². The zero-order chi connectivity index (χ0) is 25.9. The zero-order valence-corrected chi connectivity index (χ0v) is 26.2. The van der Waals surface area contributed by atoms with Gasteiger partial charge in [0.2, 0.25) is 0 Å². The molecule has 0 aromatic rings. The van der Waals surface area contributed by atoms with Crippen molar-refractivity contribution in [3.63, 3.8) is 0 Å². The Bertz CT molecular complexity index is 548. The Labute approximate surface area is 219 Å². The molecule has 1 rings (SSSR count). The number of hydrogen-bond donors (Lipinski definition) is 1. The number of hydrogen-bond acceptors (Lipinski definition) is 5. The van der Waals surface area contributed by atoms with E-state index < -0.39 is 27.0 Å². The molecule has 1 aliphatic heterocycles. The molecule has 0 aromatic carbocycles. The first-order valence-electron chi connectivity index (χ1n) is 14.3. The number of phosphoric acid groups is 1. The summed E-state index contributed by atoms with van der Waals surface area (Å²) in [6.07, 6.45) is 20.5. The van der Waals surface area contributed by atoms with Crippen molar-refractivity contribution in [1.29, 1.82) is 0 Å². The molecule has 1 saturated heterocycles. The summed E-state index contributed by atoms with van der Waals surface area (Å²) in [5.74, 6) is 0. The van der Waals surface area contributed by atoms with Gasteiger partial charge in [0.05, 0.1) is 0 Å². The fourth-order valence-electron chi connectivity index (χ4n) is 4.35. The number of unbranched alkanes of at least 4 members (excludes halogenated alkanes) is 13. The van der Waals surface area contributed by atoms with Crippen LogP contribution in [0.3, 0.4) is 0 Å². The Kier molecular flexibility index (Phi) is 18.9. The SMILES string of the molecule is CCCCCCCCCCCCCCCCOCC1(COP(=O)(O)OCC[As+](C)(C)C)CCCO1. The maximum absolute atomic E-state index is 12.3. The molecule has 35 heavy (non-hydrogen) atoms. The molecular weight excluding hydrogens is 526 g/mol. The van der Waals surface area contributed by atoms with Gasteiger partial charge in [0, 0.05) is 0 Å². The van der Waals surface area contributed by atoms with Gasteiger partial charge in [-0.05, 0) is 0 Å². The third kappa shape index (κ3) is 19.3. The van der Waals surface area contributed by atoms with Crippen LogP contribution in [0.1, 0.15) is 110 Å². The molecule has 8 heteroatoms. The fourth-order valence-corrected chi connectivity index (χ4v) is 6.80. The van der Waals surface area contributed by atoms with E-state index in [4.69, 9.17) is 18.5 Å². The van der Waals surface area contributed by atoms with Gasteiger partial charge in [-0.15, -0.1) is 0 Å². The first-order chi connectivity index (χ1) is 16.7. The number of rotatable bonds is 24. The molecule has 0 saturated carbocycles. The van der Waals surface area contributed by atoms with Crippen LogP contribution < -0.4 is 0 Å². The van der Waals surface area contributed by atoms with Gasteiger partial charge in [-0.25, -0.2) is 0 Å². The van der Waals surface area contributed by atoms with Crippen molar-refractivity contribution in [2.75, 3.05) is 33.0 Å². The van der Waals surface area contributed by atoms with E-state index in [1.807, 2.05) is 0 Å². The predicted molar refractivity (Wildman–Crippen MR) is 149 cm³/mol. The van der Waals surface area contributed by atoms with Crippen molar-refractivity contribution in [2.24, 2.45) is 0 Å². The molecule has 1 fully saturated rings. The number of phosphoric ester groups is 1. The van der Waals surface area contributed by atoms with Gasteiger partial charge in [0.15, 0.2) is 0 Å². The Hall–Kier alpha value is 0.588. The third-order valence-corrected chi connectivity index (χ3v) is 10.9. The van der Waals surface area contributed by atoms with Crippen molar-refractivity contribution in [3.05, 3.63) is 0 Å². The molecule has 0 aromatic heterocycles. The molecule has 2 atom stereocenters.